The van der Waals surface area contributed by atoms with E-state index >= 15 is 0 Å². The van der Waals surface area contributed by atoms with Crippen LogP contribution in [0.25, 0.3) is 0 Å². The average molecular weight is 362 g/mol. The second-order valence-corrected chi connectivity index (χ2v) is 7.79. The Bertz CT molecular complexity index is 671. The number of hydrogen-bond acceptors (Lipinski definition) is 5. The fourth-order valence-corrected chi connectivity index (χ4v) is 4.40. The third-order valence-corrected chi connectivity index (χ3v) is 5.95. The Hall–Kier alpha value is -1.89. The molecule has 3 heterocycles. The van der Waals surface area contributed by atoms with Crippen LogP contribution in [0.15, 0.2) is 12.3 Å². The van der Waals surface area contributed by atoms with Gasteiger partial charge in [0.2, 0.25) is 0 Å². The highest BCUT2D eigenvalue weighted by molar-refractivity contribution is 5.92. The summed E-state index contributed by atoms with van der Waals surface area (Å²) in [7, 11) is 1.78. The van der Waals surface area contributed by atoms with Gasteiger partial charge in [-0.05, 0) is 39.7 Å². The quantitative estimate of drug-likeness (QED) is 0.760. The molecule has 2 aliphatic heterocycles. The molecule has 0 aromatic carbocycles. The number of aromatic nitrogens is 2. The molecule has 7 nitrogen and oxygen atoms in total. The van der Waals surface area contributed by atoms with Gasteiger partial charge in [-0.15, -0.1) is 0 Å². The Morgan fingerprint density at radius 2 is 2.15 bits per heavy atom. The van der Waals surface area contributed by atoms with Crippen LogP contribution in [0.4, 0.5) is 0 Å². The maximum absolute atomic E-state index is 13.0. The molecule has 26 heavy (non-hydrogen) atoms. The van der Waals surface area contributed by atoms with Gasteiger partial charge in [0.25, 0.3) is 5.91 Å². The van der Waals surface area contributed by atoms with Gasteiger partial charge in [0.1, 0.15) is 5.69 Å². The van der Waals surface area contributed by atoms with E-state index in [2.05, 4.69) is 23.8 Å². The van der Waals surface area contributed by atoms with Crippen LogP contribution >= 0.6 is 0 Å². The number of hydrogen-bond donors (Lipinski definition) is 0. The van der Waals surface area contributed by atoms with Crippen molar-refractivity contribution in [2.75, 3.05) is 32.8 Å². The highest BCUT2D eigenvalue weighted by Crippen LogP contribution is 2.44. The normalized spacial score (nSPS) is 26.7. The summed E-state index contributed by atoms with van der Waals surface area (Å²) < 4.78 is 7.09. The minimum absolute atomic E-state index is 0.00680. The van der Waals surface area contributed by atoms with Gasteiger partial charge in [0, 0.05) is 51.4 Å². The molecule has 0 unspecified atom stereocenters. The van der Waals surface area contributed by atoms with Gasteiger partial charge >= 0.3 is 5.97 Å². The first-order valence-corrected chi connectivity index (χ1v) is 9.57. The molecule has 1 aromatic rings. The second kappa shape index (κ2) is 7.39. The van der Waals surface area contributed by atoms with E-state index in [1.165, 1.54) is 0 Å². The third-order valence-electron chi connectivity index (χ3n) is 5.95. The molecule has 0 aliphatic carbocycles. The van der Waals surface area contributed by atoms with Crippen LogP contribution < -0.4 is 0 Å². The number of likely N-dealkylation sites (tertiary alicyclic amines) is 2. The van der Waals surface area contributed by atoms with Gasteiger partial charge < -0.3 is 9.64 Å². The standard InChI is InChI=1S/C19H30N4O3/c1-5-26-18(25)19-8-6-10-22(17(24)16-7-9-20-21(16)4)11-15(19)12-23(13-19)14(2)3/h7,9,14-15H,5-6,8,10-13H2,1-4H3/t15-,19+/m0/s1. The highest BCUT2D eigenvalue weighted by atomic mass is 16.5. The van der Waals surface area contributed by atoms with E-state index in [9.17, 15) is 9.59 Å². The molecule has 0 radical (unpaired) electrons. The molecule has 1 amide bonds. The Kier molecular flexibility index (Phi) is 5.37. The molecule has 3 rings (SSSR count). The zero-order chi connectivity index (χ0) is 18.9. The molecular formula is C19H30N4O3. The van der Waals surface area contributed by atoms with Crippen LogP contribution in [-0.4, -0.2) is 70.3 Å². The number of carbonyl (C=O) groups excluding carboxylic acids is 2. The van der Waals surface area contributed by atoms with Gasteiger partial charge in [-0.3, -0.25) is 19.2 Å². The van der Waals surface area contributed by atoms with Crippen LogP contribution in [0.1, 0.15) is 44.1 Å². The van der Waals surface area contributed by atoms with Crippen LogP contribution in [0.3, 0.4) is 0 Å². The zero-order valence-corrected chi connectivity index (χ0v) is 16.3. The Morgan fingerprint density at radius 1 is 1.38 bits per heavy atom. The van der Waals surface area contributed by atoms with Crippen molar-refractivity contribution in [2.45, 2.75) is 39.7 Å². The van der Waals surface area contributed by atoms with Crippen molar-refractivity contribution in [1.29, 1.82) is 0 Å². The third kappa shape index (κ3) is 3.24. The Labute approximate surface area is 155 Å². The minimum Gasteiger partial charge on any atom is -0.466 e. The van der Waals surface area contributed by atoms with Crippen LogP contribution in [0.2, 0.25) is 0 Å². The van der Waals surface area contributed by atoms with Crippen molar-refractivity contribution in [3.05, 3.63) is 18.0 Å². The molecule has 2 saturated heterocycles. The number of fused-ring (bicyclic) bond motifs is 1. The summed E-state index contributed by atoms with van der Waals surface area (Å²) in [5.41, 5.74) is 0.0919. The van der Waals surface area contributed by atoms with Crippen molar-refractivity contribution in [1.82, 2.24) is 19.6 Å². The summed E-state index contributed by atoms with van der Waals surface area (Å²) in [6.45, 7) is 9.37. The fourth-order valence-electron chi connectivity index (χ4n) is 4.40. The summed E-state index contributed by atoms with van der Waals surface area (Å²) in [6, 6.07) is 2.12. The lowest BCUT2D eigenvalue weighted by molar-refractivity contribution is -0.157. The van der Waals surface area contributed by atoms with E-state index in [-0.39, 0.29) is 17.8 Å². The Balaban J connectivity index is 1.86. The highest BCUT2D eigenvalue weighted by Gasteiger charge is 2.54. The number of ether oxygens (including phenoxy) is 1. The van der Waals surface area contributed by atoms with E-state index in [0.29, 0.717) is 31.4 Å². The summed E-state index contributed by atoms with van der Waals surface area (Å²) >= 11 is 0. The predicted octanol–water partition coefficient (Wildman–Crippen LogP) is 1.55. The molecule has 0 saturated carbocycles. The maximum Gasteiger partial charge on any atom is 0.313 e. The molecule has 1 aromatic heterocycles. The second-order valence-electron chi connectivity index (χ2n) is 7.79. The van der Waals surface area contributed by atoms with E-state index in [4.69, 9.17) is 4.74 Å². The summed E-state index contributed by atoms with van der Waals surface area (Å²) in [4.78, 5) is 30.1. The zero-order valence-electron chi connectivity index (χ0n) is 16.3. The fraction of sp³-hybridized carbons (Fsp3) is 0.737. The Morgan fingerprint density at radius 3 is 2.77 bits per heavy atom. The topological polar surface area (TPSA) is 67.7 Å². The van der Waals surface area contributed by atoms with Gasteiger partial charge in [-0.2, -0.15) is 5.10 Å². The molecular weight excluding hydrogens is 332 g/mol. The van der Waals surface area contributed by atoms with E-state index in [0.717, 1.165) is 25.9 Å². The van der Waals surface area contributed by atoms with Crippen LogP contribution in [0, 0.1) is 11.3 Å². The molecule has 2 fully saturated rings. The number of esters is 1. The lowest BCUT2D eigenvalue weighted by atomic mass is 9.75. The molecule has 0 N–H and O–H groups in total. The summed E-state index contributed by atoms with van der Waals surface area (Å²) in [5, 5.41) is 4.11. The van der Waals surface area contributed by atoms with Crippen molar-refractivity contribution >= 4 is 11.9 Å². The molecule has 144 valence electrons. The van der Waals surface area contributed by atoms with Crippen molar-refractivity contribution < 1.29 is 14.3 Å². The molecule has 2 atom stereocenters. The van der Waals surface area contributed by atoms with Crippen LogP contribution in [0.5, 0.6) is 0 Å². The minimum atomic E-state index is -0.498. The number of nitrogens with zero attached hydrogens (tertiary/aromatic N) is 4. The van der Waals surface area contributed by atoms with Crippen molar-refractivity contribution in [3.63, 3.8) is 0 Å². The van der Waals surface area contributed by atoms with Gasteiger partial charge in [-0.1, -0.05) is 0 Å². The van der Waals surface area contributed by atoms with Crippen molar-refractivity contribution in [2.24, 2.45) is 18.4 Å². The lowest BCUT2D eigenvalue weighted by Gasteiger charge is -2.31. The first-order chi connectivity index (χ1) is 12.4. The first kappa shape index (κ1) is 18.9. The largest absolute Gasteiger partial charge is 0.466 e. The smallest absolute Gasteiger partial charge is 0.313 e. The molecule has 2 aliphatic rings. The van der Waals surface area contributed by atoms with Gasteiger partial charge in [0.05, 0.1) is 12.0 Å². The van der Waals surface area contributed by atoms with Gasteiger partial charge in [0.15, 0.2) is 0 Å². The lowest BCUT2D eigenvalue weighted by Crippen LogP contribution is -2.44. The number of carbonyl (C=O) groups is 2. The number of rotatable bonds is 4. The maximum atomic E-state index is 13.0. The summed E-state index contributed by atoms with van der Waals surface area (Å²) in [6.07, 6.45) is 3.23. The number of aryl methyl sites for hydroxylation is 1. The van der Waals surface area contributed by atoms with E-state index in [1.807, 2.05) is 11.8 Å². The molecule has 7 heteroatoms. The van der Waals surface area contributed by atoms with Crippen LogP contribution in [-0.2, 0) is 16.6 Å². The van der Waals surface area contributed by atoms with E-state index in [1.54, 1.807) is 24.0 Å². The first-order valence-electron chi connectivity index (χ1n) is 9.57. The molecule has 0 spiro atoms. The predicted molar refractivity (Wildman–Crippen MR) is 97.6 cm³/mol. The van der Waals surface area contributed by atoms with Gasteiger partial charge in [-0.25, -0.2) is 0 Å². The van der Waals surface area contributed by atoms with Crippen molar-refractivity contribution in [3.8, 4) is 0 Å². The SMILES string of the molecule is CCOC(=O)[C@@]12CCCN(C(=O)c3ccnn3C)C[C@H]1CN(C(C)C)C2. The average Bonchev–Trinajstić information content (AvgIpc) is 3.14. The monoisotopic (exact) mass is 362 g/mol. The summed E-state index contributed by atoms with van der Waals surface area (Å²) in [5.74, 6) is -0.000680. The number of amides is 1. The molecule has 0 bridgehead atoms. The van der Waals surface area contributed by atoms with E-state index < -0.39 is 5.41 Å².